The van der Waals surface area contributed by atoms with Crippen molar-refractivity contribution in [2.24, 2.45) is 0 Å². The molecule has 1 rings (SSSR count). The SMILES string of the molecule is COC(=C(C#N)C#N)c1ccc(I)cc1. The van der Waals surface area contributed by atoms with Gasteiger partial charge in [-0.3, -0.25) is 0 Å². The molecule has 74 valence electrons. The van der Waals surface area contributed by atoms with Crippen molar-refractivity contribution < 1.29 is 4.74 Å². The summed E-state index contributed by atoms with van der Waals surface area (Å²) in [5, 5.41) is 17.5. The molecule has 0 spiro atoms. The van der Waals surface area contributed by atoms with Gasteiger partial charge >= 0.3 is 0 Å². The Morgan fingerprint density at radius 3 is 2.13 bits per heavy atom. The molecule has 0 aliphatic heterocycles. The van der Waals surface area contributed by atoms with Gasteiger partial charge in [-0.15, -0.1) is 0 Å². The van der Waals surface area contributed by atoms with Gasteiger partial charge in [0.05, 0.1) is 7.11 Å². The number of methoxy groups -OCH3 is 1. The van der Waals surface area contributed by atoms with E-state index in [2.05, 4.69) is 22.6 Å². The normalized spacial score (nSPS) is 8.53. The number of ether oxygens (including phenoxy) is 1. The Hall–Kier alpha value is -1.53. The van der Waals surface area contributed by atoms with E-state index in [1.165, 1.54) is 7.11 Å². The minimum absolute atomic E-state index is 0.0151. The predicted octanol–water partition coefficient (Wildman–Crippen LogP) is 2.70. The molecular formula is C11H7IN2O. The molecule has 3 nitrogen and oxygen atoms in total. The van der Waals surface area contributed by atoms with Crippen LogP contribution in [0.5, 0.6) is 0 Å². The highest BCUT2D eigenvalue weighted by atomic mass is 127. The highest BCUT2D eigenvalue weighted by Gasteiger charge is 2.08. The number of halogens is 1. The summed E-state index contributed by atoms with van der Waals surface area (Å²) in [6.07, 6.45) is 0. The van der Waals surface area contributed by atoms with E-state index in [0.717, 1.165) is 9.13 Å². The van der Waals surface area contributed by atoms with Gasteiger partial charge in [-0.1, -0.05) is 12.1 Å². The average Bonchev–Trinajstić information content (AvgIpc) is 2.27. The first kappa shape index (κ1) is 11.5. The van der Waals surface area contributed by atoms with Gasteiger partial charge in [-0.05, 0) is 34.7 Å². The molecule has 0 bridgehead atoms. The quantitative estimate of drug-likeness (QED) is 0.479. The van der Waals surface area contributed by atoms with Crippen LogP contribution in [0.4, 0.5) is 0 Å². The first-order chi connectivity index (χ1) is 7.22. The number of hydrogen-bond donors (Lipinski definition) is 0. The van der Waals surface area contributed by atoms with E-state index in [0.29, 0.717) is 5.76 Å². The molecule has 0 N–H and O–H groups in total. The summed E-state index contributed by atoms with van der Waals surface area (Å²) in [7, 11) is 1.45. The molecule has 0 radical (unpaired) electrons. The maximum atomic E-state index is 8.73. The van der Waals surface area contributed by atoms with Gasteiger partial charge in [0, 0.05) is 9.13 Å². The zero-order valence-corrected chi connectivity index (χ0v) is 10.1. The molecule has 0 aliphatic rings. The zero-order chi connectivity index (χ0) is 11.3. The summed E-state index contributed by atoms with van der Waals surface area (Å²) in [5.41, 5.74) is 0.717. The third-order valence-corrected chi connectivity index (χ3v) is 2.48. The lowest BCUT2D eigenvalue weighted by Gasteiger charge is -2.05. The summed E-state index contributed by atoms with van der Waals surface area (Å²) in [4.78, 5) is 0. The van der Waals surface area contributed by atoms with E-state index in [4.69, 9.17) is 15.3 Å². The fourth-order valence-electron chi connectivity index (χ4n) is 1.09. The van der Waals surface area contributed by atoms with Crippen molar-refractivity contribution >= 4 is 28.4 Å². The summed E-state index contributed by atoms with van der Waals surface area (Å²) in [5.74, 6) is 0.316. The summed E-state index contributed by atoms with van der Waals surface area (Å²) in [6, 6.07) is 11.0. The average molecular weight is 310 g/mol. The lowest BCUT2D eigenvalue weighted by Crippen LogP contribution is -1.91. The fraction of sp³-hybridized carbons (Fsp3) is 0.0909. The van der Waals surface area contributed by atoms with Gasteiger partial charge in [0.1, 0.15) is 12.1 Å². The molecule has 0 fully saturated rings. The lowest BCUT2D eigenvalue weighted by atomic mass is 10.1. The van der Waals surface area contributed by atoms with E-state index in [-0.39, 0.29) is 5.57 Å². The van der Waals surface area contributed by atoms with Crippen molar-refractivity contribution in [1.29, 1.82) is 10.5 Å². The molecule has 1 aromatic carbocycles. The Morgan fingerprint density at radius 1 is 1.20 bits per heavy atom. The number of allylic oxidation sites excluding steroid dienone is 1. The Bertz CT molecular complexity index is 447. The highest BCUT2D eigenvalue weighted by Crippen LogP contribution is 2.20. The van der Waals surface area contributed by atoms with Crippen molar-refractivity contribution in [3.05, 3.63) is 39.0 Å². The van der Waals surface area contributed by atoms with Gasteiger partial charge < -0.3 is 4.74 Å². The van der Waals surface area contributed by atoms with Crippen LogP contribution in [0.1, 0.15) is 5.56 Å². The van der Waals surface area contributed by atoms with Crippen LogP contribution in [0.25, 0.3) is 5.76 Å². The van der Waals surface area contributed by atoms with Crippen molar-refractivity contribution in [2.45, 2.75) is 0 Å². The topological polar surface area (TPSA) is 56.8 Å². The standard InChI is InChI=1S/C11H7IN2O/c1-15-11(9(6-13)7-14)8-2-4-10(12)5-3-8/h2-5H,1H3. The Balaban J connectivity index is 3.27. The van der Waals surface area contributed by atoms with Crippen LogP contribution in [0.3, 0.4) is 0 Å². The molecule has 1 aromatic rings. The first-order valence-corrected chi connectivity index (χ1v) is 5.15. The van der Waals surface area contributed by atoms with Gasteiger partial charge in [-0.25, -0.2) is 0 Å². The zero-order valence-electron chi connectivity index (χ0n) is 7.99. The largest absolute Gasteiger partial charge is 0.494 e. The van der Waals surface area contributed by atoms with E-state index in [9.17, 15) is 0 Å². The maximum absolute atomic E-state index is 8.73. The molecular weight excluding hydrogens is 303 g/mol. The fourth-order valence-corrected chi connectivity index (χ4v) is 1.45. The second-order valence-electron chi connectivity index (χ2n) is 2.64. The van der Waals surface area contributed by atoms with Crippen molar-refractivity contribution in [3.8, 4) is 12.1 Å². The molecule has 4 heteroatoms. The first-order valence-electron chi connectivity index (χ1n) is 4.07. The van der Waals surface area contributed by atoms with Crippen LogP contribution in [-0.2, 0) is 4.74 Å². The van der Waals surface area contributed by atoms with Crippen molar-refractivity contribution in [1.82, 2.24) is 0 Å². The molecule has 0 saturated heterocycles. The van der Waals surface area contributed by atoms with Crippen molar-refractivity contribution in [2.75, 3.05) is 7.11 Å². The summed E-state index contributed by atoms with van der Waals surface area (Å²) in [6.45, 7) is 0. The van der Waals surface area contributed by atoms with E-state index in [1.54, 1.807) is 0 Å². The van der Waals surface area contributed by atoms with Crippen LogP contribution >= 0.6 is 22.6 Å². The number of hydrogen-bond acceptors (Lipinski definition) is 3. The third-order valence-electron chi connectivity index (χ3n) is 1.76. The molecule has 0 aliphatic carbocycles. The van der Waals surface area contributed by atoms with Gasteiger partial charge in [0.25, 0.3) is 0 Å². The van der Waals surface area contributed by atoms with Gasteiger partial charge in [0.2, 0.25) is 0 Å². The van der Waals surface area contributed by atoms with E-state index in [1.807, 2.05) is 36.4 Å². The highest BCUT2D eigenvalue weighted by molar-refractivity contribution is 14.1. The minimum Gasteiger partial charge on any atom is -0.494 e. The smallest absolute Gasteiger partial charge is 0.172 e. The number of rotatable bonds is 2. The monoisotopic (exact) mass is 310 g/mol. The number of nitrogens with zero attached hydrogens (tertiary/aromatic N) is 2. The van der Waals surface area contributed by atoms with Gasteiger partial charge in [-0.2, -0.15) is 10.5 Å². The molecule has 0 unspecified atom stereocenters. The Kier molecular flexibility index (Phi) is 4.14. The van der Waals surface area contributed by atoms with E-state index < -0.39 is 0 Å². The number of benzene rings is 1. The number of nitriles is 2. The van der Waals surface area contributed by atoms with Crippen LogP contribution in [0.2, 0.25) is 0 Å². The molecule has 0 amide bonds. The van der Waals surface area contributed by atoms with E-state index >= 15 is 0 Å². The molecule has 0 heterocycles. The van der Waals surface area contributed by atoms with Crippen LogP contribution in [0.15, 0.2) is 29.8 Å². The Morgan fingerprint density at radius 2 is 1.73 bits per heavy atom. The molecule has 0 atom stereocenters. The predicted molar refractivity (Wildman–Crippen MR) is 64.3 cm³/mol. The minimum atomic E-state index is -0.0151. The maximum Gasteiger partial charge on any atom is 0.172 e. The molecule has 0 aromatic heterocycles. The molecule has 15 heavy (non-hydrogen) atoms. The lowest BCUT2D eigenvalue weighted by molar-refractivity contribution is 0.369. The summed E-state index contributed by atoms with van der Waals surface area (Å²) < 4.78 is 6.14. The second kappa shape index (κ2) is 5.38. The second-order valence-corrected chi connectivity index (χ2v) is 3.88. The third kappa shape index (κ3) is 2.71. The van der Waals surface area contributed by atoms with Crippen LogP contribution in [0, 0.1) is 26.2 Å². The van der Waals surface area contributed by atoms with Crippen LogP contribution in [-0.4, -0.2) is 7.11 Å². The molecule has 0 saturated carbocycles. The summed E-state index contributed by atoms with van der Waals surface area (Å²) >= 11 is 2.18. The van der Waals surface area contributed by atoms with Crippen molar-refractivity contribution in [3.63, 3.8) is 0 Å². The van der Waals surface area contributed by atoms with Gasteiger partial charge in [0.15, 0.2) is 11.3 Å². The van der Waals surface area contributed by atoms with Crippen LogP contribution < -0.4 is 0 Å². The Labute approximate surface area is 102 Å².